The van der Waals surface area contributed by atoms with Crippen molar-refractivity contribution in [2.45, 2.75) is 166 Å². The summed E-state index contributed by atoms with van der Waals surface area (Å²) in [6.45, 7) is 40.7. The SMILES string of the molecule is CC(C)(C)C(=O)[O-].CC(C)(C)C(=O)[O-].CC(C)(C)C(=O)[O-].CC(C)(C)C(=O)[O-].CC(C)(C)C(=O)[O-].CC(C)(C)C(=O)[O-].CC(C)(C)C(=O)[O-].CC(C)(C)C(=O)[O-].CN(CC[O-])CCO.CN(CC[O-])CCO.[Er+3].[Er+3].[Er+3].[Er+3].[OH-].[OH-]. The van der Waals surface area contributed by atoms with Crippen molar-refractivity contribution in [1.82, 2.24) is 9.80 Å². The van der Waals surface area contributed by atoms with Crippen LogP contribution < -0.4 is 51.1 Å². The van der Waals surface area contributed by atoms with Crippen molar-refractivity contribution < 1.29 is 260 Å². The number of carboxylic acids is 8. The molecule has 78 heavy (non-hydrogen) atoms. The van der Waals surface area contributed by atoms with Gasteiger partial charge in [-0.3, -0.25) is 0 Å². The first kappa shape index (κ1) is 121. The number of likely N-dealkylation sites (N-methyl/N-ethyl adjacent to an activating group) is 2. The summed E-state index contributed by atoms with van der Waals surface area (Å²) < 4.78 is 0. The van der Waals surface area contributed by atoms with E-state index in [1.54, 1.807) is 176 Å². The fourth-order valence-electron chi connectivity index (χ4n) is 0.877. The third-order valence-electron chi connectivity index (χ3n) is 6.81. The van der Waals surface area contributed by atoms with Gasteiger partial charge in [0.2, 0.25) is 0 Å². The van der Waals surface area contributed by atoms with E-state index in [4.69, 9.17) is 10.2 Å². The van der Waals surface area contributed by atoms with Crippen LogP contribution in [0.2, 0.25) is 0 Å². The predicted molar refractivity (Wildman–Crippen MR) is 258 cm³/mol. The van der Waals surface area contributed by atoms with Gasteiger partial charge in [-0.1, -0.05) is 166 Å². The van der Waals surface area contributed by atoms with Gasteiger partial charge in [-0.25, -0.2) is 0 Å². The van der Waals surface area contributed by atoms with Crippen LogP contribution in [-0.4, -0.2) is 145 Å². The zero-order chi connectivity index (χ0) is 61.4. The number of rotatable bonds is 8. The zero-order valence-electron chi connectivity index (χ0n) is 50.8. The van der Waals surface area contributed by atoms with Crippen molar-refractivity contribution in [3.8, 4) is 0 Å². The molecule has 28 heteroatoms. The molecule has 0 atom stereocenters. The molecule has 0 aromatic rings. The molecule has 0 aliphatic rings. The van der Waals surface area contributed by atoms with Gasteiger partial charge in [-0.05, 0) is 27.2 Å². The average Bonchev–Trinajstić information content (AvgIpc) is 3.11. The summed E-state index contributed by atoms with van der Waals surface area (Å²) in [7, 11) is 3.63. The van der Waals surface area contributed by atoms with Crippen LogP contribution in [0.25, 0.3) is 0 Å². The second-order valence-corrected chi connectivity index (χ2v) is 23.8. The number of nitrogens with zero attached hydrogens (tertiary/aromatic N) is 2. The third-order valence-corrected chi connectivity index (χ3v) is 6.81. The van der Waals surface area contributed by atoms with Crippen LogP contribution >= 0.6 is 0 Å². The van der Waals surface area contributed by atoms with Gasteiger partial charge in [0, 0.05) is 104 Å². The number of carboxylic acid groups (broad SMARTS) is 8. The number of aliphatic carboxylic acids is 8. The Morgan fingerprint density at radius 3 is 0.397 bits per heavy atom. The van der Waals surface area contributed by atoms with Crippen molar-refractivity contribution in [3.05, 3.63) is 0 Å². The van der Waals surface area contributed by atoms with E-state index < -0.39 is 91.1 Å². The molecule has 24 nitrogen and oxygen atoms in total. The summed E-state index contributed by atoms with van der Waals surface area (Å²) >= 11 is 0. The van der Waals surface area contributed by atoms with E-state index >= 15 is 0 Å². The van der Waals surface area contributed by atoms with Gasteiger partial charge in [0.1, 0.15) is 0 Å². The smallest absolute Gasteiger partial charge is 0.870 e. The first-order valence-electron chi connectivity index (χ1n) is 22.6. The van der Waals surface area contributed by atoms with Crippen LogP contribution in [0.15, 0.2) is 0 Å². The van der Waals surface area contributed by atoms with Crippen LogP contribution in [0.3, 0.4) is 0 Å². The van der Waals surface area contributed by atoms with Gasteiger partial charge in [0.05, 0.1) is 13.2 Å². The van der Waals surface area contributed by atoms with Gasteiger partial charge >= 0.3 is 149 Å². The van der Waals surface area contributed by atoms with Gasteiger partial charge in [-0.2, -0.15) is 0 Å². The Labute approximate surface area is 586 Å². The number of hydrogen-bond acceptors (Lipinski definition) is 24. The summed E-state index contributed by atoms with van der Waals surface area (Å²) in [6, 6.07) is 0. The van der Waals surface area contributed by atoms with Gasteiger partial charge < -0.3 is 120 Å². The monoisotopic (exact) mass is 1740 g/mol. The Morgan fingerprint density at radius 1 is 0.282 bits per heavy atom. The van der Waals surface area contributed by atoms with Gasteiger partial charge in [0.15, 0.2) is 0 Å². The zero-order valence-corrected chi connectivity index (χ0v) is 58.3. The van der Waals surface area contributed by atoms with E-state index in [0.29, 0.717) is 26.2 Å². The second kappa shape index (κ2) is 60.5. The first-order chi connectivity index (χ1) is 31.2. The normalized spacial score (nSPS) is 10.3. The van der Waals surface area contributed by atoms with E-state index in [1.165, 1.54) is 0 Å². The third kappa shape index (κ3) is 119. The molecule has 0 aromatic carbocycles. The molecule has 0 fully saturated rings. The minimum Gasteiger partial charge on any atom is -0.870 e. The second-order valence-electron chi connectivity index (χ2n) is 23.8. The quantitative estimate of drug-likeness (QED) is 0.229. The predicted octanol–water partition coefficient (Wildman–Crippen LogP) is -5.55. The molecule has 0 aromatic heterocycles. The van der Waals surface area contributed by atoms with Crippen LogP contribution in [0, 0.1) is 193 Å². The first-order valence-corrected chi connectivity index (χ1v) is 22.6. The van der Waals surface area contributed by atoms with Crippen molar-refractivity contribution in [3.63, 3.8) is 0 Å². The Balaban J connectivity index is -0.0000000388. The van der Waals surface area contributed by atoms with E-state index in [2.05, 4.69) is 0 Å². The molecule has 0 bridgehead atoms. The van der Waals surface area contributed by atoms with Crippen molar-refractivity contribution in [2.75, 3.05) is 66.7 Å². The molecule has 0 heterocycles. The molecular formula is C50H98Er4N2O22. The summed E-state index contributed by atoms with van der Waals surface area (Å²) in [6.07, 6.45) is 0. The summed E-state index contributed by atoms with van der Waals surface area (Å²) in [5.41, 5.74) is -5.56. The molecule has 0 saturated heterocycles. The van der Waals surface area contributed by atoms with Gasteiger partial charge in [-0.15, -0.1) is 13.2 Å². The molecular weight excluding hydrogens is 1650 g/mol. The summed E-state index contributed by atoms with van der Waals surface area (Å²) in [4.78, 5) is 82.9. The minimum atomic E-state index is -1.01. The number of aliphatic hydroxyl groups is 2. The molecule has 0 amide bonds. The van der Waals surface area contributed by atoms with Gasteiger partial charge in [0.25, 0.3) is 0 Å². The number of carbonyl (C=O) groups excluding carboxylic acids is 8. The fraction of sp³-hybridized carbons (Fsp3) is 0.840. The van der Waals surface area contributed by atoms with E-state index in [-0.39, 0.29) is 187 Å². The number of aliphatic hydroxyl groups excluding tert-OH is 2. The molecule has 0 aliphatic carbocycles. The van der Waals surface area contributed by atoms with Crippen molar-refractivity contribution in [1.29, 1.82) is 0 Å². The molecule has 0 rings (SSSR count). The maximum atomic E-state index is 9.91. The molecule has 0 aliphatic heterocycles. The molecule has 488 valence electrons. The molecule has 0 saturated carbocycles. The molecule has 4 radical (unpaired) electrons. The Hall–Kier alpha value is 0.427. The standard InChI is InChI=1S/2C5H12NO2.8C5H10O2.4Er.2H2O/c2*1-6(2-4-7)3-5-8;8*1-5(2,3)4(6)7;;;;;;/h2*7H,2-5H2,1H3;8*1-3H3,(H,6,7);;;;;2*1H2/q2*-1;;;;;;;;;4*+3;;/p-10. The maximum absolute atomic E-state index is 9.91. The average molecular weight is 1750 g/mol. The van der Waals surface area contributed by atoms with E-state index in [9.17, 15) is 89.4 Å². The molecule has 0 unspecified atom stereocenters. The number of carbonyl (C=O) groups is 8. The summed E-state index contributed by atoms with van der Waals surface area (Å²) in [5.74, 6) is -8.06. The molecule has 0 spiro atoms. The van der Waals surface area contributed by atoms with Crippen LogP contribution in [-0.2, 0) is 38.4 Å². The fourth-order valence-corrected chi connectivity index (χ4v) is 0.877. The maximum Gasteiger partial charge on any atom is 3.00 e. The Bertz CT molecular complexity index is 1170. The minimum absolute atomic E-state index is 0. The van der Waals surface area contributed by atoms with E-state index in [0.717, 1.165) is 0 Å². The van der Waals surface area contributed by atoms with Crippen LogP contribution in [0.1, 0.15) is 166 Å². The van der Waals surface area contributed by atoms with Crippen LogP contribution in [0.5, 0.6) is 0 Å². The van der Waals surface area contributed by atoms with E-state index in [1.807, 2.05) is 14.1 Å². The van der Waals surface area contributed by atoms with Crippen LogP contribution in [0.4, 0.5) is 0 Å². The Kier molecular flexibility index (Phi) is 93.6. The summed E-state index contributed by atoms with van der Waals surface area (Å²) in [5, 5.41) is 116. The van der Waals surface area contributed by atoms with Crippen molar-refractivity contribution >= 4 is 47.8 Å². The Morgan fingerprint density at radius 2 is 0.359 bits per heavy atom. The largest absolute Gasteiger partial charge is 3.00 e. The topological polar surface area (TPSA) is 474 Å². The number of hydrogen-bond donors (Lipinski definition) is 2. The molecule has 4 N–H and O–H groups in total. The van der Waals surface area contributed by atoms with Crippen molar-refractivity contribution in [2.24, 2.45) is 43.3 Å².